The molecule has 0 aliphatic heterocycles. The average Bonchev–Trinajstić information content (AvgIpc) is 2.47. The van der Waals surface area contributed by atoms with Gasteiger partial charge in [0.2, 0.25) is 0 Å². The number of aryl methyl sites for hydroxylation is 1. The Labute approximate surface area is 91.6 Å². The second-order valence-electron chi connectivity index (χ2n) is 3.70. The fourth-order valence-corrected chi connectivity index (χ4v) is 2.24. The van der Waals surface area contributed by atoms with Crippen LogP contribution >= 0.6 is 15.9 Å². The summed E-state index contributed by atoms with van der Waals surface area (Å²) in [5.41, 5.74) is 9.33. The van der Waals surface area contributed by atoms with E-state index in [2.05, 4.69) is 46.0 Å². The Morgan fingerprint density at radius 2 is 2.07 bits per heavy atom. The summed E-state index contributed by atoms with van der Waals surface area (Å²) in [6.07, 6.45) is 0. The van der Waals surface area contributed by atoms with Gasteiger partial charge in [0.1, 0.15) is 0 Å². The molecule has 1 heterocycles. The van der Waals surface area contributed by atoms with E-state index in [-0.39, 0.29) is 6.04 Å². The number of fused-ring (bicyclic) bond motifs is 1. The van der Waals surface area contributed by atoms with Gasteiger partial charge in [-0.2, -0.15) is 0 Å². The van der Waals surface area contributed by atoms with Crippen molar-refractivity contribution in [2.75, 3.05) is 0 Å². The lowest BCUT2D eigenvalue weighted by Gasteiger charge is -1.99. The summed E-state index contributed by atoms with van der Waals surface area (Å²) in [6, 6.07) is 6.37. The Hall–Kier alpha value is -0.800. The van der Waals surface area contributed by atoms with Crippen LogP contribution in [0.4, 0.5) is 0 Å². The van der Waals surface area contributed by atoms with Crippen molar-refractivity contribution in [2.24, 2.45) is 5.73 Å². The lowest BCUT2D eigenvalue weighted by atomic mass is 10.1. The molecule has 1 aromatic carbocycles. The maximum Gasteiger partial charge on any atom is 0.0487 e. The molecule has 2 rings (SSSR count). The molecule has 3 heteroatoms. The van der Waals surface area contributed by atoms with E-state index in [0.29, 0.717) is 0 Å². The van der Waals surface area contributed by atoms with Gasteiger partial charge >= 0.3 is 0 Å². The number of rotatable bonds is 1. The quantitative estimate of drug-likeness (QED) is 0.804. The van der Waals surface area contributed by atoms with Crippen LogP contribution in [0.1, 0.15) is 24.2 Å². The van der Waals surface area contributed by atoms with E-state index in [4.69, 9.17) is 5.73 Å². The molecule has 2 aromatic rings. The third-order valence-electron chi connectivity index (χ3n) is 2.40. The molecule has 1 unspecified atom stereocenters. The van der Waals surface area contributed by atoms with Crippen molar-refractivity contribution in [1.82, 2.24) is 4.98 Å². The number of aromatic nitrogens is 1. The number of nitrogens with one attached hydrogen (secondary N) is 1. The Balaban J connectivity index is 2.70. The largest absolute Gasteiger partial charge is 0.357 e. The molecule has 1 atom stereocenters. The summed E-state index contributed by atoms with van der Waals surface area (Å²) in [6.45, 7) is 4.07. The van der Waals surface area contributed by atoms with Gasteiger partial charge in [0, 0.05) is 27.1 Å². The number of benzene rings is 1. The van der Waals surface area contributed by atoms with Crippen LogP contribution in [0.2, 0.25) is 0 Å². The van der Waals surface area contributed by atoms with Crippen LogP contribution in [0, 0.1) is 6.92 Å². The van der Waals surface area contributed by atoms with Crippen LogP contribution in [0.5, 0.6) is 0 Å². The van der Waals surface area contributed by atoms with Gasteiger partial charge in [-0.1, -0.05) is 15.9 Å². The SMILES string of the molecule is Cc1cc(Br)cc2cc(C(C)N)[nH]c12. The summed E-state index contributed by atoms with van der Waals surface area (Å²) >= 11 is 3.48. The highest BCUT2D eigenvalue weighted by Gasteiger charge is 2.06. The second-order valence-corrected chi connectivity index (χ2v) is 4.62. The summed E-state index contributed by atoms with van der Waals surface area (Å²) in [4.78, 5) is 3.34. The Morgan fingerprint density at radius 3 is 2.71 bits per heavy atom. The molecule has 0 aliphatic rings. The second kappa shape index (κ2) is 3.41. The van der Waals surface area contributed by atoms with Gasteiger partial charge in [-0.3, -0.25) is 0 Å². The normalized spacial score (nSPS) is 13.4. The van der Waals surface area contributed by atoms with Gasteiger partial charge in [-0.05, 0) is 37.6 Å². The van der Waals surface area contributed by atoms with Crippen molar-refractivity contribution in [1.29, 1.82) is 0 Å². The summed E-state index contributed by atoms with van der Waals surface area (Å²) in [7, 11) is 0. The highest BCUT2D eigenvalue weighted by molar-refractivity contribution is 9.10. The fraction of sp³-hybridized carbons (Fsp3) is 0.273. The van der Waals surface area contributed by atoms with E-state index in [1.165, 1.54) is 16.5 Å². The third kappa shape index (κ3) is 1.57. The maximum absolute atomic E-state index is 5.82. The molecule has 0 radical (unpaired) electrons. The summed E-state index contributed by atoms with van der Waals surface area (Å²) < 4.78 is 1.11. The zero-order chi connectivity index (χ0) is 10.3. The van der Waals surface area contributed by atoms with Crippen LogP contribution in [-0.2, 0) is 0 Å². The smallest absolute Gasteiger partial charge is 0.0487 e. The van der Waals surface area contributed by atoms with Crippen LogP contribution in [0.25, 0.3) is 10.9 Å². The number of H-pyrrole nitrogens is 1. The van der Waals surface area contributed by atoms with Gasteiger partial charge in [0.15, 0.2) is 0 Å². The van der Waals surface area contributed by atoms with Crippen molar-refractivity contribution in [3.05, 3.63) is 33.9 Å². The van der Waals surface area contributed by atoms with Crippen molar-refractivity contribution in [3.8, 4) is 0 Å². The number of aromatic amines is 1. The van der Waals surface area contributed by atoms with Crippen LogP contribution in [-0.4, -0.2) is 4.98 Å². The molecule has 2 nitrogen and oxygen atoms in total. The molecule has 0 saturated heterocycles. The first-order valence-corrected chi connectivity index (χ1v) is 5.41. The molecule has 0 bridgehead atoms. The molecule has 0 saturated carbocycles. The number of nitrogens with two attached hydrogens (primary N) is 1. The van der Waals surface area contributed by atoms with E-state index < -0.39 is 0 Å². The zero-order valence-electron chi connectivity index (χ0n) is 8.26. The molecule has 1 aromatic heterocycles. The number of halogens is 1. The molecular weight excluding hydrogens is 240 g/mol. The minimum atomic E-state index is 0.0561. The predicted octanol–water partition coefficient (Wildman–Crippen LogP) is 3.26. The van der Waals surface area contributed by atoms with E-state index in [0.717, 1.165) is 10.2 Å². The minimum absolute atomic E-state index is 0.0561. The first kappa shape index (κ1) is 9.74. The van der Waals surface area contributed by atoms with Crippen LogP contribution in [0.3, 0.4) is 0 Å². The highest BCUT2D eigenvalue weighted by atomic mass is 79.9. The lowest BCUT2D eigenvalue weighted by Crippen LogP contribution is -2.04. The predicted molar refractivity (Wildman–Crippen MR) is 63.3 cm³/mol. The van der Waals surface area contributed by atoms with Gasteiger partial charge in [-0.15, -0.1) is 0 Å². The van der Waals surface area contributed by atoms with E-state index in [1.807, 2.05) is 6.92 Å². The van der Waals surface area contributed by atoms with Crippen molar-refractivity contribution >= 4 is 26.8 Å². The van der Waals surface area contributed by atoms with Gasteiger partial charge < -0.3 is 10.7 Å². The molecular formula is C11H13BrN2. The van der Waals surface area contributed by atoms with E-state index in [9.17, 15) is 0 Å². The van der Waals surface area contributed by atoms with Crippen molar-refractivity contribution in [2.45, 2.75) is 19.9 Å². The minimum Gasteiger partial charge on any atom is -0.357 e. The molecule has 3 N–H and O–H groups in total. The molecule has 0 amide bonds. The summed E-state index contributed by atoms with van der Waals surface area (Å²) in [5.74, 6) is 0. The Kier molecular flexibility index (Phi) is 2.37. The first-order valence-electron chi connectivity index (χ1n) is 4.62. The average molecular weight is 253 g/mol. The van der Waals surface area contributed by atoms with Crippen molar-refractivity contribution < 1.29 is 0 Å². The molecule has 0 spiro atoms. The third-order valence-corrected chi connectivity index (χ3v) is 2.86. The van der Waals surface area contributed by atoms with E-state index >= 15 is 0 Å². The van der Waals surface area contributed by atoms with Gasteiger partial charge in [0.05, 0.1) is 0 Å². The summed E-state index contributed by atoms with van der Waals surface area (Å²) in [5, 5.41) is 1.21. The fourth-order valence-electron chi connectivity index (χ4n) is 1.65. The number of hydrogen-bond donors (Lipinski definition) is 2. The monoisotopic (exact) mass is 252 g/mol. The lowest BCUT2D eigenvalue weighted by molar-refractivity contribution is 0.792. The topological polar surface area (TPSA) is 41.8 Å². The first-order chi connectivity index (χ1) is 6.58. The van der Waals surface area contributed by atoms with Gasteiger partial charge in [0.25, 0.3) is 0 Å². The molecule has 0 fully saturated rings. The Bertz CT molecular complexity index is 471. The van der Waals surface area contributed by atoms with Gasteiger partial charge in [-0.25, -0.2) is 0 Å². The maximum atomic E-state index is 5.82. The number of hydrogen-bond acceptors (Lipinski definition) is 1. The Morgan fingerprint density at radius 1 is 1.36 bits per heavy atom. The standard InChI is InChI=1S/C11H13BrN2/c1-6-3-9(12)4-8-5-10(7(2)13)14-11(6)8/h3-5,7,14H,13H2,1-2H3. The highest BCUT2D eigenvalue weighted by Crippen LogP contribution is 2.25. The molecule has 14 heavy (non-hydrogen) atoms. The van der Waals surface area contributed by atoms with Crippen LogP contribution < -0.4 is 5.73 Å². The molecule has 0 aliphatic carbocycles. The van der Waals surface area contributed by atoms with Crippen molar-refractivity contribution in [3.63, 3.8) is 0 Å². The van der Waals surface area contributed by atoms with E-state index in [1.54, 1.807) is 0 Å². The zero-order valence-corrected chi connectivity index (χ0v) is 9.85. The molecule has 74 valence electrons. The van der Waals surface area contributed by atoms with Crippen LogP contribution in [0.15, 0.2) is 22.7 Å².